The summed E-state index contributed by atoms with van der Waals surface area (Å²) in [7, 11) is 0. The van der Waals surface area contributed by atoms with Crippen molar-refractivity contribution in [1.82, 2.24) is 0 Å². The van der Waals surface area contributed by atoms with Gasteiger partial charge in [0.05, 0.1) is 5.56 Å². The number of nitriles is 1. The molecule has 1 amide bonds. The fourth-order valence-electron chi connectivity index (χ4n) is 2.80. The Kier molecular flexibility index (Phi) is 4.81. The first-order valence-electron chi connectivity index (χ1n) is 7.79. The van der Waals surface area contributed by atoms with Crippen LogP contribution in [0.4, 0.5) is 9.39 Å². The first-order valence-corrected chi connectivity index (χ1v) is 8.61. The summed E-state index contributed by atoms with van der Waals surface area (Å²) in [6, 6.07) is 7.70. The lowest BCUT2D eigenvalue weighted by Crippen LogP contribution is -2.20. The predicted molar refractivity (Wildman–Crippen MR) is 90.7 cm³/mol. The molecule has 3 rings (SSSR count). The monoisotopic (exact) mass is 344 g/mol. The van der Waals surface area contributed by atoms with Crippen LogP contribution in [0.5, 0.6) is 5.75 Å². The molecule has 1 aliphatic rings. The molecule has 0 spiro atoms. The molecule has 1 aliphatic carbocycles. The van der Waals surface area contributed by atoms with Gasteiger partial charge in [-0.15, -0.1) is 11.3 Å². The number of carbonyl (C=O) groups excluding carboxylic acids is 1. The van der Waals surface area contributed by atoms with Crippen molar-refractivity contribution in [1.29, 1.82) is 5.26 Å². The van der Waals surface area contributed by atoms with E-state index in [1.54, 1.807) is 0 Å². The zero-order valence-electron chi connectivity index (χ0n) is 13.3. The first-order chi connectivity index (χ1) is 11.6. The van der Waals surface area contributed by atoms with Gasteiger partial charge in [-0.1, -0.05) is 6.92 Å². The van der Waals surface area contributed by atoms with Crippen LogP contribution in [0.1, 0.15) is 29.3 Å². The van der Waals surface area contributed by atoms with Crippen molar-refractivity contribution in [3.8, 4) is 11.8 Å². The van der Waals surface area contributed by atoms with E-state index >= 15 is 0 Å². The number of amides is 1. The van der Waals surface area contributed by atoms with Crippen molar-refractivity contribution >= 4 is 22.2 Å². The normalized spacial score (nSPS) is 16.1. The number of benzene rings is 1. The van der Waals surface area contributed by atoms with Gasteiger partial charge in [0.15, 0.2) is 6.61 Å². The van der Waals surface area contributed by atoms with E-state index in [2.05, 4.69) is 18.3 Å². The molecule has 0 saturated carbocycles. The maximum atomic E-state index is 12.8. The summed E-state index contributed by atoms with van der Waals surface area (Å²) in [6.07, 6.45) is 2.91. The van der Waals surface area contributed by atoms with Crippen molar-refractivity contribution < 1.29 is 13.9 Å². The number of fused-ring (bicyclic) bond motifs is 1. The third kappa shape index (κ3) is 3.57. The lowest BCUT2D eigenvalue weighted by atomic mass is 9.89. The summed E-state index contributed by atoms with van der Waals surface area (Å²) >= 11 is 1.48. The molecular weight excluding hydrogens is 327 g/mol. The third-order valence-corrected chi connectivity index (χ3v) is 5.23. The average Bonchev–Trinajstić information content (AvgIpc) is 2.90. The minimum Gasteiger partial charge on any atom is -0.484 e. The van der Waals surface area contributed by atoms with Crippen molar-refractivity contribution in [3.05, 3.63) is 46.1 Å². The molecule has 1 aromatic carbocycles. The van der Waals surface area contributed by atoms with Crippen LogP contribution in [0.25, 0.3) is 0 Å². The minimum atomic E-state index is -0.358. The Morgan fingerprint density at radius 2 is 2.21 bits per heavy atom. The summed E-state index contributed by atoms with van der Waals surface area (Å²) < 4.78 is 18.2. The molecule has 1 atom stereocenters. The van der Waals surface area contributed by atoms with Crippen molar-refractivity contribution in [2.75, 3.05) is 11.9 Å². The Bertz CT molecular complexity index is 793. The third-order valence-electron chi connectivity index (χ3n) is 4.06. The molecule has 0 aliphatic heterocycles. The van der Waals surface area contributed by atoms with Gasteiger partial charge in [0, 0.05) is 4.88 Å². The van der Waals surface area contributed by atoms with Crippen LogP contribution in [0.3, 0.4) is 0 Å². The predicted octanol–water partition coefficient (Wildman–Crippen LogP) is 3.90. The molecule has 0 radical (unpaired) electrons. The number of carbonyl (C=O) groups is 1. The van der Waals surface area contributed by atoms with Gasteiger partial charge in [-0.05, 0) is 55.0 Å². The number of nitrogens with zero attached hydrogens (tertiary/aromatic N) is 1. The van der Waals surface area contributed by atoms with E-state index in [0.29, 0.717) is 22.2 Å². The van der Waals surface area contributed by atoms with Crippen LogP contribution in [0.2, 0.25) is 0 Å². The Labute approximate surface area is 143 Å². The topological polar surface area (TPSA) is 62.1 Å². The molecule has 1 aromatic heterocycles. The van der Waals surface area contributed by atoms with Crippen molar-refractivity contribution in [3.63, 3.8) is 0 Å². The second-order valence-corrected chi connectivity index (χ2v) is 7.06. The number of ether oxygens (including phenoxy) is 1. The molecule has 0 fully saturated rings. The van der Waals surface area contributed by atoms with Gasteiger partial charge in [0.2, 0.25) is 0 Å². The molecule has 0 saturated heterocycles. The number of hydrogen-bond acceptors (Lipinski definition) is 4. The lowest BCUT2D eigenvalue weighted by Gasteiger charge is -2.17. The van der Waals surface area contributed by atoms with E-state index in [-0.39, 0.29) is 18.3 Å². The molecule has 0 unspecified atom stereocenters. The van der Waals surface area contributed by atoms with Crippen LogP contribution in [0.15, 0.2) is 24.3 Å². The summed E-state index contributed by atoms with van der Waals surface area (Å²) in [5.41, 5.74) is 1.66. The fraction of sp³-hybridized carbons (Fsp3) is 0.333. The maximum absolute atomic E-state index is 12.8. The quantitative estimate of drug-likeness (QED) is 0.915. The number of thiophene rings is 1. The van der Waals surface area contributed by atoms with Gasteiger partial charge in [-0.25, -0.2) is 4.39 Å². The van der Waals surface area contributed by atoms with Gasteiger partial charge in [-0.2, -0.15) is 5.26 Å². The highest BCUT2D eigenvalue weighted by Crippen LogP contribution is 2.39. The van der Waals surface area contributed by atoms with E-state index < -0.39 is 0 Å². The smallest absolute Gasteiger partial charge is 0.262 e. The zero-order valence-corrected chi connectivity index (χ0v) is 14.1. The number of anilines is 1. The SMILES string of the molecule is C[C@@H]1CCc2c(sc(NC(=O)COc3ccc(F)cc3)c2C#N)C1. The largest absolute Gasteiger partial charge is 0.484 e. The lowest BCUT2D eigenvalue weighted by molar-refractivity contribution is -0.118. The maximum Gasteiger partial charge on any atom is 0.262 e. The number of nitrogens with one attached hydrogen (secondary N) is 1. The molecule has 6 heteroatoms. The highest BCUT2D eigenvalue weighted by Gasteiger charge is 2.24. The van der Waals surface area contributed by atoms with E-state index in [1.807, 2.05) is 0 Å². The van der Waals surface area contributed by atoms with Gasteiger partial charge < -0.3 is 10.1 Å². The summed E-state index contributed by atoms with van der Waals surface area (Å²) in [5, 5.41) is 12.8. The summed E-state index contributed by atoms with van der Waals surface area (Å²) in [6.45, 7) is 2.01. The van der Waals surface area contributed by atoms with Gasteiger partial charge in [0.1, 0.15) is 22.6 Å². The Hall–Kier alpha value is -2.39. The zero-order chi connectivity index (χ0) is 17.1. The molecule has 4 nitrogen and oxygen atoms in total. The molecule has 24 heavy (non-hydrogen) atoms. The highest BCUT2D eigenvalue weighted by atomic mass is 32.1. The van der Waals surface area contributed by atoms with Gasteiger partial charge >= 0.3 is 0 Å². The van der Waals surface area contributed by atoms with Crippen LogP contribution in [0, 0.1) is 23.1 Å². The average molecular weight is 344 g/mol. The van der Waals surface area contributed by atoms with Crippen LogP contribution < -0.4 is 10.1 Å². The number of hydrogen-bond donors (Lipinski definition) is 1. The van der Waals surface area contributed by atoms with E-state index in [1.165, 1.54) is 40.5 Å². The van der Waals surface area contributed by atoms with Crippen LogP contribution in [-0.2, 0) is 17.6 Å². The summed E-state index contributed by atoms with van der Waals surface area (Å²) in [4.78, 5) is 13.3. The van der Waals surface area contributed by atoms with Gasteiger partial charge in [0.25, 0.3) is 5.91 Å². The van der Waals surface area contributed by atoms with Crippen LogP contribution in [-0.4, -0.2) is 12.5 Å². The molecule has 2 aromatic rings. The molecule has 1 N–H and O–H groups in total. The van der Waals surface area contributed by atoms with Crippen LogP contribution >= 0.6 is 11.3 Å². The van der Waals surface area contributed by atoms with E-state index in [0.717, 1.165) is 24.8 Å². The summed E-state index contributed by atoms with van der Waals surface area (Å²) in [5.74, 6) is 0.339. The minimum absolute atomic E-state index is 0.185. The molecular formula is C18H17FN2O2S. The Morgan fingerprint density at radius 3 is 2.92 bits per heavy atom. The van der Waals surface area contributed by atoms with Gasteiger partial charge in [-0.3, -0.25) is 4.79 Å². The molecule has 124 valence electrons. The Balaban J connectivity index is 1.66. The highest BCUT2D eigenvalue weighted by molar-refractivity contribution is 7.16. The standard InChI is InChI=1S/C18H17FN2O2S/c1-11-2-7-14-15(9-20)18(24-16(14)8-11)21-17(22)10-23-13-5-3-12(19)4-6-13/h3-6,11H,2,7-8,10H2,1H3,(H,21,22)/t11-/m1/s1. The van der Waals surface area contributed by atoms with E-state index in [9.17, 15) is 14.4 Å². The van der Waals surface area contributed by atoms with Crippen molar-refractivity contribution in [2.24, 2.45) is 5.92 Å². The second-order valence-electron chi connectivity index (χ2n) is 5.96. The first kappa shape index (κ1) is 16.5. The number of rotatable bonds is 4. The van der Waals surface area contributed by atoms with Crippen molar-refractivity contribution in [2.45, 2.75) is 26.2 Å². The number of halogens is 1. The second kappa shape index (κ2) is 7.02. The molecule has 0 bridgehead atoms. The molecule has 1 heterocycles. The fourth-order valence-corrected chi connectivity index (χ4v) is 4.18. The Morgan fingerprint density at radius 1 is 1.46 bits per heavy atom. The van der Waals surface area contributed by atoms with E-state index in [4.69, 9.17) is 4.74 Å².